The molecule has 1 aliphatic rings. The average molecular weight is 388 g/mol. The number of hydrogen-bond donors (Lipinski definition) is 2. The number of imidazole rings is 1. The Labute approximate surface area is 162 Å². The maximum Gasteiger partial charge on any atom is 0.321 e. The summed E-state index contributed by atoms with van der Waals surface area (Å²) in [6.45, 7) is 3.76. The van der Waals surface area contributed by atoms with E-state index in [0.29, 0.717) is 13.1 Å². The van der Waals surface area contributed by atoms with E-state index in [-0.39, 0.29) is 17.8 Å². The molecule has 3 rings (SSSR count). The van der Waals surface area contributed by atoms with Crippen molar-refractivity contribution in [2.45, 2.75) is 37.6 Å². The second-order valence-corrected chi connectivity index (χ2v) is 7.18. The lowest BCUT2D eigenvalue weighted by atomic mass is 10.1. The molecule has 27 heavy (non-hydrogen) atoms. The Hall–Kier alpha value is -2.32. The minimum absolute atomic E-state index is 0.119. The Morgan fingerprint density at radius 2 is 2.15 bits per heavy atom. The van der Waals surface area contributed by atoms with E-state index in [2.05, 4.69) is 20.2 Å². The first-order valence-corrected chi connectivity index (χ1v) is 10.1. The fraction of sp³-hybridized carbons (Fsp3) is 0.421. The number of ether oxygens (including phenoxy) is 1. The van der Waals surface area contributed by atoms with Crippen LogP contribution in [0.2, 0.25) is 0 Å². The summed E-state index contributed by atoms with van der Waals surface area (Å²) in [5.74, 6) is -0.229. The van der Waals surface area contributed by atoms with E-state index >= 15 is 0 Å². The summed E-state index contributed by atoms with van der Waals surface area (Å²) in [6.07, 6.45) is 4.07. The van der Waals surface area contributed by atoms with E-state index in [0.717, 1.165) is 35.9 Å². The Morgan fingerprint density at radius 3 is 2.85 bits per heavy atom. The number of rotatable bonds is 7. The van der Waals surface area contributed by atoms with Crippen molar-refractivity contribution in [3.8, 4) is 11.3 Å². The molecule has 2 N–H and O–H groups in total. The SMILES string of the molecule is CCNC(=O)NC(=O)CSc1ncc(-c2ccccc2)n1CC1CCCO1. The fourth-order valence-corrected chi connectivity index (χ4v) is 3.77. The zero-order valence-electron chi connectivity index (χ0n) is 15.3. The van der Waals surface area contributed by atoms with Crippen LogP contribution in [0.1, 0.15) is 19.8 Å². The van der Waals surface area contributed by atoms with Crippen molar-refractivity contribution in [1.29, 1.82) is 0 Å². The maximum absolute atomic E-state index is 12.0. The number of carbonyl (C=O) groups is 2. The summed E-state index contributed by atoms with van der Waals surface area (Å²) in [4.78, 5) is 28.0. The number of nitrogens with one attached hydrogen (secondary N) is 2. The Bertz CT molecular complexity index is 773. The molecule has 0 aliphatic carbocycles. The molecule has 2 aromatic rings. The molecule has 2 heterocycles. The van der Waals surface area contributed by atoms with Crippen LogP contribution in [0.15, 0.2) is 41.7 Å². The molecule has 144 valence electrons. The number of nitrogens with zero attached hydrogens (tertiary/aromatic N) is 2. The van der Waals surface area contributed by atoms with Crippen LogP contribution in [-0.2, 0) is 16.1 Å². The van der Waals surface area contributed by atoms with Gasteiger partial charge in [0, 0.05) is 13.2 Å². The number of amides is 3. The molecule has 8 heteroatoms. The summed E-state index contributed by atoms with van der Waals surface area (Å²) in [5.41, 5.74) is 2.07. The summed E-state index contributed by atoms with van der Waals surface area (Å²) in [7, 11) is 0. The Balaban J connectivity index is 1.73. The third kappa shape index (κ3) is 5.33. The van der Waals surface area contributed by atoms with Crippen molar-refractivity contribution in [2.75, 3.05) is 18.9 Å². The van der Waals surface area contributed by atoms with Gasteiger partial charge in [0.2, 0.25) is 5.91 Å². The van der Waals surface area contributed by atoms with Gasteiger partial charge in [-0.3, -0.25) is 10.1 Å². The topological polar surface area (TPSA) is 85.3 Å². The molecule has 1 unspecified atom stereocenters. The summed E-state index contributed by atoms with van der Waals surface area (Å²) < 4.78 is 7.89. The second kappa shape index (κ2) is 9.57. The van der Waals surface area contributed by atoms with Crippen LogP contribution in [0.5, 0.6) is 0 Å². The standard InChI is InChI=1S/C19H24N4O3S/c1-2-20-18(25)22-17(24)13-27-19-21-11-16(14-7-4-3-5-8-14)23(19)12-15-9-6-10-26-15/h3-5,7-8,11,15H,2,6,9-10,12-13H2,1H3,(H2,20,22,24,25). The van der Waals surface area contributed by atoms with Gasteiger partial charge in [0.25, 0.3) is 0 Å². The first-order chi connectivity index (χ1) is 13.2. The molecule has 0 radical (unpaired) electrons. The average Bonchev–Trinajstić information content (AvgIpc) is 3.31. The molecule has 1 aromatic heterocycles. The van der Waals surface area contributed by atoms with Crippen LogP contribution < -0.4 is 10.6 Å². The van der Waals surface area contributed by atoms with Crippen molar-refractivity contribution in [2.24, 2.45) is 0 Å². The number of benzene rings is 1. The largest absolute Gasteiger partial charge is 0.376 e. The van der Waals surface area contributed by atoms with Gasteiger partial charge in [-0.2, -0.15) is 0 Å². The lowest BCUT2D eigenvalue weighted by Gasteiger charge is -2.16. The number of urea groups is 1. The zero-order valence-corrected chi connectivity index (χ0v) is 16.1. The normalized spacial score (nSPS) is 16.3. The molecule has 0 bridgehead atoms. The molecule has 1 aliphatic heterocycles. The Kier molecular flexibility index (Phi) is 6.89. The van der Waals surface area contributed by atoms with Gasteiger partial charge in [-0.25, -0.2) is 9.78 Å². The van der Waals surface area contributed by atoms with Crippen LogP contribution in [0.4, 0.5) is 4.79 Å². The van der Waals surface area contributed by atoms with Gasteiger partial charge >= 0.3 is 6.03 Å². The van der Waals surface area contributed by atoms with Crippen molar-refractivity contribution < 1.29 is 14.3 Å². The third-order valence-electron chi connectivity index (χ3n) is 4.22. The number of thioether (sulfide) groups is 1. The zero-order chi connectivity index (χ0) is 19.1. The van der Waals surface area contributed by atoms with Crippen molar-refractivity contribution >= 4 is 23.7 Å². The van der Waals surface area contributed by atoms with Gasteiger partial charge in [0.15, 0.2) is 5.16 Å². The molecule has 1 atom stereocenters. The van der Waals surface area contributed by atoms with E-state index in [1.807, 2.05) is 36.5 Å². The molecule has 1 saturated heterocycles. The predicted molar refractivity (Wildman–Crippen MR) is 105 cm³/mol. The summed E-state index contributed by atoms with van der Waals surface area (Å²) in [6, 6.07) is 9.57. The number of hydrogen-bond acceptors (Lipinski definition) is 5. The maximum atomic E-state index is 12.0. The van der Waals surface area contributed by atoms with Crippen LogP contribution in [0, 0.1) is 0 Å². The molecule has 1 aromatic carbocycles. The first-order valence-electron chi connectivity index (χ1n) is 9.10. The first kappa shape index (κ1) is 19.4. The molecule has 3 amide bonds. The van der Waals surface area contributed by atoms with E-state index in [1.54, 1.807) is 6.92 Å². The smallest absolute Gasteiger partial charge is 0.321 e. The van der Waals surface area contributed by atoms with Crippen molar-refractivity contribution in [1.82, 2.24) is 20.2 Å². The number of imide groups is 1. The van der Waals surface area contributed by atoms with Crippen LogP contribution in [-0.4, -0.2) is 46.5 Å². The van der Waals surface area contributed by atoms with E-state index in [9.17, 15) is 9.59 Å². The van der Waals surface area contributed by atoms with Gasteiger partial charge in [-0.05, 0) is 25.3 Å². The summed E-state index contributed by atoms with van der Waals surface area (Å²) >= 11 is 1.32. The number of aromatic nitrogens is 2. The molecule has 1 fully saturated rings. The van der Waals surface area contributed by atoms with Crippen LogP contribution in [0.3, 0.4) is 0 Å². The highest BCUT2D eigenvalue weighted by molar-refractivity contribution is 7.99. The van der Waals surface area contributed by atoms with Gasteiger partial charge < -0.3 is 14.6 Å². The number of carbonyl (C=O) groups excluding carboxylic acids is 2. The van der Waals surface area contributed by atoms with Crippen molar-refractivity contribution in [3.05, 3.63) is 36.5 Å². The predicted octanol–water partition coefficient (Wildman–Crippen LogP) is 2.67. The highest BCUT2D eigenvalue weighted by Gasteiger charge is 2.21. The minimum Gasteiger partial charge on any atom is -0.376 e. The molecular formula is C19H24N4O3S. The second-order valence-electron chi connectivity index (χ2n) is 6.23. The molecule has 0 spiro atoms. The van der Waals surface area contributed by atoms with Gasteiger partial charge in [-0.1, -0.05) is 42.1 Å². The highest BCUT2D eigenvalue weighted by atomic mass is 32.2. The van der Waals surface area contributed by atoms with Gasteiger partial charge in [0.05, 0.1) is 30.3 Å². The highest BCUT2D eigenvalue weighted by Crippen LogP contribution is 2.28. The molecule has 0 saturated carbocycles. The van der Waals surface area contributed by atoms with Crippen LogP contribution in [0.25, 0.3) is 11.3 Å². The fourth-order valence-electron chi connectivity index (χ4n) is 2.98. The van der Waals surface area contributed by atoms with E-state index in [1.165, 1.54) is 11.8 Å². The third-order valence-corrected chi connectivity index (χ3v) is 5.21. The van der Waals surface area contributed by atoms with Gasteiger partial charge in [0.1, 0.15) is 0 Å². The monoisotopic (exact) mass is 388 g/mol. The minimum atomic E-state index is -0.476. The Morgan fingerprint density at radius 1 is 1.33 bits per heavy atom. The van der Waals surface area contributed by atoms with Crippen LogP contribution >= 0.6 is 11.8 Å². The van der Waals surface area contributed by atoms with Crippen molar-refractivity contribution in [3.63, 3.8) is 0 Å². The molecular weight excluding hydrogens is 364 g/mol. The van der Waals surface area contributed by atoms with E-state index in [4.69, 9.17) is 4.74 Å². The quantitative estimate of drug-likeness (QED) is 0.713. The molecule has 7 nitrogen and oxygen atoms in total. The lowest BCUT2D eigenvalue weighted by molar-refractivity contribution is -0.117. The van der Waals surface area contributed by atoms with Gasteiger partial charge in [-0.15, -0.1) is 0 Å². The lowest BCUT2D eigenvalue weighted by Crippen LogP contribution is -2.40. The summed E-state index contributed by atoms with van der Waals surface area (Å²) in [5, 5.41) is 5.60. The van der Waals surface area contributed by atoms with E-state index < -0.39 is 6.03 Å².